The summed E-state index contributed by atoms with van der Waals surface area (Å²) < 4.78 is 48.1. The van der Waals surface area contributed by atoms with Crippen molar-refractivity contribution in [2.24, 2.45) is 0 Å². The first-order chi connectivity index (χ1) is 26.5. The Bertz CT molecular complexity index is 2140. The summed E-state index contributed by atoms with van der Waals surface area (Å²) in [4.78, 5) is 44.3. The molecule has 0 radical (unpaired) electrons. The van der Waals surface area contributed by atoms with Gasteiger partial charge < -0.3 is 19.1 Å². The molecule has 296 valence electrons. The van der Waals surface area contributed by atoms with Crippen LogP contribution in [0.2, 0.25) is 0 Å². The zero-order chi connectivity index (χ0) is 40.7. The summed E-state index contributed by atoms with van der Waals surface area (Å²) in [6.07, 6.45) is 1.99. The van der Waals surface area contributed by atoms with Gasteiger partial charge in [0.05, 0.1) is 22.8 Å². The summed E-state index contributed by atoms with van der Waals surface area (Å²) in [5, 5.41) is 7.27. The molecule has 0 saturated heterocycles. The van der Waals surface area contributed by atoms with Crippen molar-refractivity contribution in [3.05, 3.63) is 129 Å². The van der Waals surface area contributed by atoms with E-state index in [9.17, 15) is 18.8 Å². The number of nitrogens with zero attached hydrogens (tertiary/aromatic N) is 4. The van der Waals surface area contributed by atoms with Crippen molar-refractivity contribution >= 4 is 29.4 Å². The first-order valence-corrected chi connectivity index (χ1v) is 19.2. The van der Waals surface area contributed by atoms with E-state index in [0.29, 0.717) is 16.7 Å². The number of aromatic nitrogens is 3. The molecular formula is C43H48F2N4O6S. The van der Waals surface area contributed by atoms with Gasteiger partial charge in [-0.2, -0.15) is 5.10 Å². The van der Waals surface area contributed by atoms with E-state index in [1.807, 2.05) is 43.5 Å². The van der Waals surface area contributed by atoms with Crippen LogP contribution in [0.15, 0.2) is 84.5 Å². The number of esters is 2. The van der Waals surface area contributed by atoms with E-state index < -0.39 is 53.2 Å². The van der Waals surface area contributed by atoms with E-state index in [2.05, 4.69) is 5.10 Å². The molecule has 0 aliphatic rings. The number of amides is 1. The van der Waals surface area contributed by atoms with Crippen LogP contribution in [-0.4, -0.2) is 56.9 Å². The van der Waals surface area contributed by atoms with Crippen molar-refractivity contribution in [1.82, 2.24) is 19.7 Å². The number of hydrogen-bond donors (Lipinski definition) is 0. The zero-order valence-electron chi connectivity index (χ0n) is 32.9. The number of halogens is 2. The second kappa shape index (κ2) is 18.0. The second-order valence-corrected chi connectivity index (χ2v) is 15.9. The Hall–Kier alpha value is -5.43. The average molecular weight is 787 g/mol. The third kappa shape index (κ3) is 10.9. The molecule has 0 N–H and O–H groups in total. The van der Waals surface area contributed by atoms with Crippen LogP contribution in [0, 0.1) is 18.6 Å². The highest BCUT2D eigenvalue weighted by molar-refractivity contribution is 7.10. The van der Waals surface area contributed by atoms with Gasteiger partial charge in [0.25, 0.3) is 0 Å². The quantitative estimate of drug-likeness (QED) is 0.0809. The van der Waals surface area contributed by atoms with Crippen molar-refractivity contribution in [1.29, 1.82) is 0 Å². The van der Waals surface area contributed by atoms with E-state index in [1.165, 1.54) is 24.5 Å². The highest BCUT2D eigenvalue weighted by Crippen LogP contribution is 2.39. The molecule has 2 aromatic heterocycles. The maximum absolute atomic E-state index is 15.3. The fraction of sp³-hybridized carbons (Fsp3) is 0.372. The fourth-order valence-electron chi connectivity index (χ4n) is 6.10. The molecule has 10 nitrogen and oxygen atoms in total. The van der Waals surface area contributed by atoms with Crippen LogP contribution in [0.1, 0.15) is 98.2 Å². The minimum atomic E-state index is -0.712. The molecule has 1 amide bonds. The van der Waals surface area contributed by atoms with Crippen LogP contribution in [0.25, 0.3) is 11.3 Å². The van der Waals surface area contributed by atoms with Gasteiger partial charge in [-0.25, -0.2) is 18.6 Å². The molecule has 4 atom stereocenters. The summed E-state index contributed by atoms with van der Waals surface area (Å²) in [5.41, 5.74) is 4.28. The van der Waals surface area contributed by atoms with Crippen molar-refractivity contribution in [2.75, 3.05) is 13.6 Å². The lowest BCUT2D eigenvalue weighted by molar-refractivity contribution is -0.150. The molecular weight excluding hydrogens is 739 g/mol. The predicted octanol–water partition coefficient (Wildman–Crippen LogP) is 9.50. The lowest BCUT2D eigenvalue weighted by Gasteiger charge is -2.24. The van der Waals surface area contributed by atoms with Gasteiger partial charge in [-0.15, -0.1) is 11.3 Å². The van der Waals surface area contributed by atoms with E-state index in [-0.39, 0.29) is 31.2 Å². The molecule has 3 aromatic carbocycles. The number of aryl methyl sites for hydroxylation is 1. The molecule has 56 heavy (non-hydrogen) atoms. The predicted molar refractivity (Wildman–Crippen MR) is 210 cm³/mol. The average Bonchev–Trinajstić information content (AvgIpc) is 3.84. The molecule has 5 rings (SSSR count). The van der Waals surface area contributed by atoms with Crippen LogP contribution in [0.4, 0.5) is 13.6 Å². The maximum atomic E-state index is 15.3. The molecule has 0 fully saturated rings. The van der Waals surface area contributed by atoms with Gasteiger partial charge in [0, 0.05) is 48.1 Å². The van der Waals surface area contributed by atoms with Crippen LogP contribution >= 0.6 is 11.3 Å². The molecule has 13 heteroatoms. The molecule has 0 aliphatic carbocycles. The largest absolute Gasteiger partial charge is 0.459 e. The summed E-state index contributed by atoms with van der Waals surface area (Å²) in [6.45, 7) is 12.4. The van der Waals surface area contributed by atoms with Gasteiger partial charge in [-0.1, -0.05) is 61.0 Å². The molecule has 0 saturated carbocycles. The number of likely N-dealkylation sites (N-methyl/N-ethyl adjacent to an activating group) is 1. The molecule has 2 heterocycles. The monoisotopic (exact) mass is 786 g/mol. The number of thiazole rings is 1. The van der Waals surface area contributed by atoms with Crippen molar-refractivity contribution in [3.63, 3.8) is 0 Å². The third-order valence-electron chi connectivity index (χ3n) is 9.35. The number of carbonyl (C=O) groups is 3. The first kappa shape index (κ1) is 41.7. The Morgan fingerprint density at radius 1 is 0.964 bits per heavy atom. The summed E-state index contributed by atoms with van der Waals surface area (Å²) in [5.74, 6) is -3.75. The third-order valence-corrected chi connectivity index (χ3v) is 10.4. The maximum Gasteiger partial charge on any atom is 0.410 e. The van der Waals surface area contributed by atoms with Gasteiger partial charge in [-0.3, -0.25) is 14.3 Å². The number of hydrogen-bond acceptors (Lipinski definition) is 9. The van der Waals surface area contributed by atoms with Crippen molar-refractivity contribution < 1.29 is 37.4 Å². The molecule has 0 spiro atoms. The smallest absolute Gasteiger partial charge is 0.410 e. The van der Waals surface area contributed by atoms with Gasteiger partial charge in [0.1, 0.15) is 36.5 Å². The summed E-state index contributed by atoms with van der Waals surface area (Å²) in [7, 11) is 1.44. The summed E-state index contributed by atoms with van der Waals surface area (Å²) in [6, 6.07) is 18.6. The molecule has 0 aliphatic heterocycles. The Labute approximate surface area is 330 Å². The minimum Gasteiger partial charge on any atom is -0.459 e. The number of benzene rings is 3. The molecule has 3 unspecified atom stereocenters. The topological polar surface area (TPSA) is 113 Å². The Morgan fingerprint density at radius 3 is 2.39 bits per heavy atom. The summed E-state index contributed by atoms with van der Waals surface area (Å²) >= 11 is 1.47. The minimum absolute atomic E-state index is 0.114. The van der Waals surface area contributed by atoms with Gasteiger partial charge >= 0.3 is 18.0 Å². The van der Waals surface area contributed by atoms with Gasteiger partial charge in [0.15, 0.2) is 0 Å². The van der Waals surface area contributed by atoms with E-state index >= 15 is 4.39 Å². The highest BCUT2D eigenvalue weighted by atomic mass is 32.1. The van der Waals surface area contributed by atoms with Crippen LogP contribution in [0.3, 0.4) is 0 Å². The highest BCUT2D eigenvalue weighted by Gasteiger charge is 2.29. The molecule has 5 aromatic rings. The van der Waals surface area contributed by atoms with E-state index in [1.54, 1.807) is 76.0 Å². The Morgan fingerprint density at radius 2 is 1.68 bits per heavy atom. The fourth-order valence-corrected chi connectivity index (χ4v) is 7.05. The van der Waals surface area contributed by atoms with Crippen molar-refractivity contribution in [3.8, 4) is 11.3 Å². The van der Waals surface area contributed by atoms with Gasteiger partial charge in [0.2, 0.25) is 0 Å². The standard InChI is InChI=1S/C43H48F2N4O6S/c1-26-13-15-30(16-14-26)38-25-56-40(47-38)27(2)36(35-19-33(44)17-18-37(35)45)22-49-21-32(20-46-49)29(4)54-41(51)28(3)34-12-10-9-11-31(34)24-53-39(50)23-48(8)42(52)55-43(5,6)7/h9-21,25,27-29,36H,22-24H2,1-8H3/t27-,28?,29?,36?/m1/s1. The van der Waals surface area contributed by atoms with Crippen molar-refractivity contribution in [2.45, 2.75) is 91.1 Å². The number of rotatable bonds is 14. The SMILES string of the molecule is Cc1ccc(-c2csc([C@H](C)C(Cn3cc(C(C)OC(=O)C(C)c4ccccc4COC(=O)CN(C)C(=O)OC(C)(C)C)cn3)c3cc(F)ccc3F)n2)cc1. The zero-order valence-corrected chi connectivity index (χ0v) is 33.7. The Kier molecular flexibility index (Phi) is 13.4. The van der Waals surface area contributed by atoms with Gasteiger partial charge in [-0.05, 0) is 76.4 Å². The second-order valence-electron chi connectivity index (χ2n) is 15.0. The van der Waals surface area contributed by atoms with Crippen LogP contribution in [0.5, 0.6) is 0 Å². The first-order valence-electron chi connectivity index (χ1n) is 18.4. The van der Waals surface area contributed by atoms with Crippen LogP contribution < -0.4 is 0 Å². The number of ether oxygens (including phenoxy) is 3. The lowest BCUT2D eigenvalue weighted by atomic mass is 9.87. The normalized spacial score (nSPS) is 13.7. The Balaban J connectivity index is 1.25. The van der Waals surface area contributed by atoms with Crippen LogP contribution in [-0.2, 0) is 37.0 Å². The lowest BCUT2D eigenvalue weighted by Crippen LogP contribution is -2.37. The molecule has 0 bridgehead atoms. The number of carbonyl (C=O) groups excluding carboxylic acids is 3. The van der Waals surface area contributed by atoms with E-state index in [0.717, 1.165) is 38.9 Å². The van der Waals surface area contributed by atoms with E-state index in [4.69, 9.17) is 19.2 Å².